The van der Waals surface area contributed by atoms with E-state index in [0.29, 0.717) is 6.54 Å². The van der Waals surface area contributed by atoms with Crippen molar-refractivity contribution in [1.29, 1.82) is 0 Å². The second-order valence-electron chi connectivity index (χ2n) is 5.75. The minimum atomic E-state index is 0.00368. The third-order valence-corrected chi connectivity index (χ3v) is 4.29. The summed E-state index contributed by atoms with van der Waals surface area (Å²) >= 11 is 0. The summed E-state index contributed by atoms with van der Waals surface area (Å²) in [5.41, 5.74) is 5.75. The number of fused-ring (bicyclic) bond motifs is 1. The number of hydrogen-bond donors (Lipinski definition) is 1. The van der Waals surface area contributed by atoms with E-state index in [2.05, 4.69) is 10.1 Å². The van der Waals surface area contributed by atoms with Gasteiger partial charge in [0.2, 0.25) is 0 Å². The van der Waals surface area contributed by atoms with Gasteiger partial charge in [0.15, 0.2) is 5.65 Å². The lowest BCUT2D eigenvalue weighted by molar-refractivity contribution is 0.280. The van der Waals surface area contributed by atoms with Crippen LogP contribution < -0.4 is 4.74 Å². The average Bonchev–Trinajstić information content (AvgIpc) is 2.84. The van der Waals surface area contributed by atoms with E-state index in [9.17, 15) is 5.11 Å². The molecular weight excluding hydrogens is 290 g/mol. The van der Waals surface area contributed by atoms with E-state index in [0.717, 1.165) is 44.9 Å². The van der Waals surface area contributed by atoms with Crippen LogP contribution in [0.1, 0.15) is 28.1 Å². The molecule has 2 aromatic heterocycles. The third-order valence-electron chi connectivity index (χ3n) is 4.29. The molecule has 0 aliphatic carbocycles. The third kappa shape index (κ3) is 2.68. The van der Waals surface area contributed by atoms with Crippen LogP contribution in [0.4, 0.5) is 0 Å². The minimum Gasteiger partial charge on any atom is -0.497 e. The molecule has 0 saturated heterocycles. The van der Waals surface area contributed by atoms with E-state index in [1.165, 1.54) is 0 Å². The van der Waals surface area contributed by atoms with Gasteiger partial charge in [-0.25, -0.2) is 9.67 Å². The van der Waals surface area contributed by atoms with Crippen LogP contribution in [0.3, 0.4) is 0 Å². The van der Waals surface area contributed by atoms with Crippen molar-refractivity contribution in [3.8, 4) is 5.75 Å². The molecule has 3 rings (SSSR count). The van der Waals surface area contributed by atoms with Crippen molar-refractivity contribution >= 4 is 11.0 Å². The molecule has 0 saturated carbocycles. The van der Waals surface area contributed by atoms with Crippen molar-refractivity contribution in [3.05, 3.63) is 52.3 Å². The summed E-state index contributed by atoms with van der Waals surface area (Å²) in [5, 5.41) is 15.2. The van der Waals surface area contributed by atoms with Crippen molar-refractivity contribution in [2.75, 3.05) is 7.11 Å². The fourth-order valence-corrected chi connectivity index (χ4v) is 3.02. The number of hydrogen-bond acceptors (Lipinski definition) is 4. The number of aryl methyl sites for hydroxylation is 3. The molecule has 0 unspecified atom stereocenters. The zero-order valence-corrected chi connectivity index (χ0v) is 13.9. The van der Waals surface area contributed by atoms with Gasteiger partial charge in [-0.1, -0.05) is 12.1 Å². The summed E-state index contributed by atoms with van der Waals surface area (Å²) in [6.07, 6.45) is 0. The summed E-state index contributed by atoms with van der Waals surface area (Å²) in [6, 6.07) is 7.95. The Morgan fingerprint density at radius 3 is 2.39 bits per heavy atom. The normalized spacial score (nSPS) is 11.2. The number of nitrogens with zero attached hydrogens (tertiary/aromatic N) is 3. The highest BCUT2D eigenvalue weighted by molar-refractivity contribution is 5.83. The first-order chi connectivity index (χ1) is 11.0. The van der Waals surface area contributed by atoms with Crippen LogP contribution in [0.15, 0.2) is 24.3 Å². The molecule has 23 heavy (non-hydrogen) atoms. The van der Waals surface area contributed by atoms with E-state index in [1.54, 1.807) is 7.11 Å². The van der Waals surface area contributed by atoms with Crippen molar-refractivity contribution in [3.63, 3.8) is 0 Å². The smallest absolute Gasteiger partial charge is 0.158 e. The fourth-order valence-electron chi connectivity index (χ4n) is 3.02. The van der Waals surface area contributed by atoms with Gasteiger partial charge in [-0.2, -0.15) is 5.10 Å². The van der Waals surface area contributed by atoms with E-state index in [4.69, 9.17) is 4.74 Å². The van der Waals surface area contributed by atoms with Crippen LogP contribution >= 0.6 is 0 Å². The first-order valence-corrected chi connectivity index (χ1v) is 7.62. The molecule has 2 heterocycles. The summed E-state index contributed by atoms with van der Waals surface area (Å²) in [5.74, 6) is 0.840. The number of aromatic nitrogens is 3. The Hall–Kier alpha value is -2.40. The zero-order valence-electron chi connectivity index (χ0n) is 13.9. The number of rotatable bonds is 4. The molecule has 5 heteroatoms. The van der Waals surface area contributed by atoms with Gasteiger partial charge in [-0.3, -0.25) is 0 Å². The summed E-state index contributed by atoms with van der Waals surface area (Å²) in [7, 11) is 1.66. The molecule has 120 valence electrons. The molecule has 0 radical (unpaired) electrons. The Morgan fingerprint density at radius 1 is 1.09 bits per heavy atom. The lowest BCUT2D eigenvalue weighted by Crippen LogP contribution is -2.05. The lowest BCUT2D eigenvalue weighted by Gasteiger charge is -2.09. The van der Waals surface area contributed by atoms with E-state index >= 15 is 0 Å². The number of aliphatic hydroxyl groups excluding tert-OH is 1. The van der Waals surface area contributed by atoms with Gasteiger partial charge in [0, 0.05) is 16.6 Å². The van der Waals surface area contributed by atoms with Crippen LogP contribution in [0.25, 0.3) is 11.0 Å². The predicted molar refractivity (Wildman–Crippen MR) is 89.8 cm³/mol. The van der Waals surface area contributed by atoms with Crippen LogP contribution in [0.5, 0.6) is 5.75 Å². The van der Waals surface area contributed by atoms with Gasteiger partial charge in [-0.15, -0.1) is 0 Å². The molecule has 1 N–H and O–H groups in total. The van der Waals surface area contributed by atoms with E-state index in [1.807, 2.05) is 49.7 Å². The Balaban J connectivity index is 2.07. The molecule has 0 aliphatic rings. The molecule has 5 nitrogen and oxygen atoms in total. The molecule has 0 aliphatic heterocycles. The quantitative estimate of drug-likeness (QED) is 0.805. The Morgan fingerprint density at radius 2 is 1.78 bits per heavy atom. The highest BCUT2D eigenvalue weighted by Gasteiger charge is 2.16. The summed E-state index contributed by atoms with van der Waals surface area (Å²) in [4.78, 5) is 4.67. The van der Waals surface area contributed by atoms with Crippen molar-refractivity contribution in [2.45, 2.75) is 33.9 Å². The molecule has 0 fully saturated rings. The zero-order chi connectivity index (χ0) is 16.6. The van der Waals surface area contributed by atoms with Gasteiger partial charge in [0.25, 0.3) is 0 Å². The minimum absolute atomic E-state index is 0.00368. The lowest BCUT2D eigenvalue weighted by atomic mass is 10.0. The van der Waals surface area contributed by atoms with Gasteiger partial charge in [0.05, 0.1) is 26.0 Å². The van der Waals surface area contributed by atoms with Gasteiger partial charge in [-0.05, 0) is 44.0 Å². The predicted octanol–water partition coefficient (Wildman–Crippen LogP) is 2.91. The molecule has 1 aromatic carbocycles. The topological polar surface area (TPSA) is 60.2 Å². The largest absolute Gasteiger partial charge is 0.497 e. The molecule has 0 amide bonds. The standard InChI is InChI=1S/C18H21N3O2/c1-11-16(10-22)12(2)19-18-17(11)13(3)20-21(18)9-14-5-7-15(23-4)8-6-14/h5-8,22H,9-10H2,1-4H3. The molecule has 0 bridgehead atoms. The number of benzene rings is 1. The van der Waals surface area contributed by atoms with Gasteiger partial charge in [0.1, 0.15) is 5.75 Å². The fraction of sp³-hybridized carbons (Fsp3) is 0.333. The Labute approximate surface area is 135 Å². The first kappa shape index (κ1) is 15.5. The monoisotopic (exact) mass is 311 g/mol. The van der Waals surface area contributed by atoms with Crippen LogP contribution in [-0.4, -0.2) is 27.0 Å². The second kappa shape index (κ2) is 6.01. The number of aliphatic hydroxyl groups is 1. The van der Waals surface area contributed by atoms with Crippen LogP contribution in [0.2, 0.25) is 0 Å². The van der Waals surface area contributed by atoms with E-state index < -0.39 is 0 Å². The van der Waals surface area contributed by atoms with Crippen molar-refractivity contribution in [1.82, 2.24) is 14.8 Å². The molecule has 0 spiro atoms. The number of methoxy groups -OCH3 is 1. The van der Waals surface area contributed by atoms with Gasteiger partial charge >= 0.3 is 0 Å². The average molecular weight is 311 g/mol. The van der Waals surface area contributed by atoms with E-state index in [-0.39, 0.29) is 6.61 Å². The molecule has 3 aromatic rings. The Bertz CT molecular complexity index is 851. The van der Waals surface area contributed by atoms with Gasteiger partial charge < -0.3 is 9.84 Å². The van der Waals surface area contributed by atoms with Crippen molar-refractivity contribution < 1.29 is 9.84 Å². The van der Waals surface area contributed by atoms with Crippen molar-refractivity contribution in [2.24, 2.45) is 0 Å². The highest BCUT2D eigenvalue weighted by Crippen LogP contribution is 2.26. The molecule has 0 atom stereocenters. The van der Waals surface area contributed by atoms with Crippen LogP contribution in [-0.2, 0) is 13.2 Å². The summed E-state index contributed by atoms with van der Waals surface area (Å²) in [6.45, 7) is 6.59. The molecular formula is C18H21N3O2. The SMILES string of the molecule is COc1ccc(Cn2nc(C)c3c(C)c(CO)c(C)nc32)cc1. The number of pyridine rings is 1. The highest BCUT2D eigenvalue weighted by atomic mass is 16.5. The number of ether oxygens (including phenoxy) is 1. The second-order valence-corrected chi connectivity index (χ2v) is 5.75. The maximum atomic E-state index is 9.56. The maximum absolute atomic E-state index is 9.56. The van der Waals surface area contributed by atoms with Crippen LogP contribution in [0, 0.1) is 20.8 Å². The Kier molecular flexibility index (Phi) is 4.05. The summed E-state index contributed by atoms with van der Waals surface area (Å²) < 4.78 is 7.12. The first-order valence-electron chi connectivity index (χ1n) is 7.62. The maximum Gasteiger partial charge on any atom is 0.158 e.